The summed E-state index contributed by atoms with van der Waals surface area (Å²) in [5.41, 5.74) is 2.08. The lowest BCUT2D eigenvalue weighted by molar-refractivity contribution is 0.0738. The number of aromatic nitrogens is 2. The first kappa shape index (κ1) is 20.7. The van der Waals surface area contributed by atoms with Crippen LogP contribution in [0.2, 0.25) is 5.02 Å². The molecule has 1 N–H and O–H groups in total. The second-order valence-electron chi connectivity index (χ2n) is 8.22. The van der Waals surface area contributed by atoms with Crippen LogP contribution in [0.4, 0.5) is 0 Å². The van der Waals surface area contributed by atoms with Crippen molar-refractivity contribution in [1.29, 1.82) is 0 Å². The van der Waals surface area contributed by atoms with Gasteiger partial charge < -0.3 is 14.5 Å². The van der Waals surface area contributed by atoms with Gasteiger partial charge in [0.15, 0.2) is 0 Å². The molecule has 3 heterocycles. The molecule has 7 heteroatoms. The first-order valence-corrected chi connectivity index (χ1v) is 10.7. The first-order chi connectivity index (χ1) is 14.4. The van der Waals surface area contributed by atoms with E-state index in [2.05, 4.69) is 16.0 Å². The second-order valence-corrected chi connectivity index (χ2v) is 8.63. The van der Waals surface area contributed by atoms with Gasteiger partial charge in [-0.05, 0) is 49.5 Å². The summed E-state index contributed by atoms with van der Waals surface area (Å²) in [6, 6.07) is 9.79. The molecule has 30 heavy (non-hydrogen) atoms. The highest BCUT2D eigenvalue weighted by molar-refractivity contribution is 6.31. The number of likely N-dealkylation sites (tertiary alicyclic amines) is 1. The summed E-state index contributed by atoms with van der Waals surface area (Å²) in [7, 11) is 3.52. The number of hydrogen-bond donors (Lipinski definition) is 1. The molecule has 1 aliphatic rings. The molecular formula is C23H27ClN4O2. The molecule has 2 aromatic heterocycles. The Balaban J connectivity index is 1.37. The summed E-state index contributed by atoms with van der Waals surface area (Å²) in [5.74, 6) is 0.421. The van der Waals surface area contributed by atoms with Crippen LogP contribution < -0.4 is 5.56 Å². The summed E-state index contributed by atoms with van der Waals surface area (Å²) >= 11 is 6.29. The van der Waals surface area contributed by atoms with Crippen LogP contribution in [0.15, 0.2) is 47.5 Å². The number of benzene rings is 1. The minimum absolute atomic E-state index is 0.0475. The fraction of sp³-hybridized carbons (Fsp3) is 0.391. The molecule has 0 atom stereocenters. The Hall–Kier alpha value is -2.57. The number of H-pyrrole nitrogens is 1. The first-order valence-electron chi connectivity index (χ1n) is 10.3. The molecule has 1 fully saturated rings. The number of nitrogens with zero attached hydrogens (tertiary/aromatic N) is 3. The minimum atomic E-state index is -0.125. The molecule has 158 valence electrons. The molecule has 1 amide bonds. The molecule has 1 aliphatic heterocycles. The zero-order chi connectivity index (χ0) is 21.3. The van der Waals surface area contributed by atoms with E-state index in [0.29, 0.717) is 28.9 Å². The molecule has 4 rings (SSSR count). The van der Waals surface area contributed by atoms with Gasteiger partial charge in [0.05, 0.1) is 5.56 Å². The van der Waals surface area contributed by atoms with Crippen LogP contribution in [0.5, 0.6) is 0 Å². The van der Waals surface area contributed by atoms with Crippen LogP contribution in [0.3, 0.4) is 0 Å². The number of amides is 1. The minimum Gasteiger partial charge on any atom is -0.357 e. The average Bonchev–Trinajstić information content (AvgIpc) is 3.23. The van der Waals surface area contributed by atoms with Gasteiger partial charge in [0.2, 0.25) is 0 Å². The summed E-state index contributed by atoms with van der Waals surface area (Å²) in [5, 5.41) is 1.50. The summed E-state index contributed by atoms with van der Waals surface area (Å²) < 4.78 is 1.47. The highest BCUT2D eigenvalue weighted by Gasteiger charge is 2.24. The smallest absolute Gasteiger partial charge is 0.274 e. The topological polar surface area (TPSA) is 61.3 Å². The van der Waals surface area contributed by atoms with Crippen LogP contribution in [0, 0.1) is 5.92 Å². The van der Waals surface area contributed by atoms with Crippen LogP contribution in [-0.4, -0.2) is 51.9 Å². The lowest BCUT2D eigenvalue weighted by Crippen LogP contribution is -2.39. The number of aromatic amines is 1. The molecule has 3 aromatic rings. The van der Waals surface area contributed by atoms with Crippen molar-refractivity contribution in [3.05, 3.63) is 69.2 Å². The molecule has 0 radical (unpaired) electrons. The highest BCUT2D eigenvalue weighted by atomic mass is 35.5. The van der Waals surface area contributed by atoms with Crippen LogP contribution >= 0.6 is 11.6 Å². The van der Waals surface area contributed by atoms with E-state index in [9.17, 15) is 9.59 Å². The van der Waals surface area contributed by atoms with Gasteiger partial charge in [0.25, 0.3) is 11.5 Å². The van der Waals surface area contributed by atoms with Crippen molar-refractivity contribution in [1.82, 2.24) is 19.4 Å². The molecule has 6 nitrogen and oxygen atoms in total. The molecular weight excluding hydrogens is 400 g/mol. The number of aryl methyl sites for hydroxylation is 1. The van der Waals surface area contributed by atoms with Crippen molar-refractivity contribution >= 4 is 28.4 Å². The van der Waals surface area contributed by atoms with Gasteiger partial charge in [-0.1, -0.05) is 29.8 Å². The van der Waals surface area contributed by atoms with Crippen molar-refractivity contribution in [2.24, 2.45) is 13.0 Å². The molecule has 1 aromatic carbocycles. The van der Waals surface area contributed by atoms with Crippen molar-refractivity contribution in [3.63, 3.8) is 0 Å². The van der Waals surface area contributed by atoms with E-state index in [-0.39, 0.29) is 11.5 Å². The maximum atomic E-state index is 13.1. The predicted molar refractivity (Wildman–Crippen MR) is 120 cm³/mol. The van der Waals surface area contributed by atoms with E-state index >= 15 is 0 Å². The summed E-state index contributed by atoms with van der Waals surface area (Å²) in [6.45, 7) is 3.58. The van der Waals surface area contributed by atoms with Gasteiger partial charge >= 0.3 is 0 Å². The van der Waals surface area contributed by atoms with Crippen LogP contribution in [0.1, 0.15) is 28.8 Å². The zero-order valence-electron chi connectivity index (χ0n) is 17.4. The molecule has 0 unspecified atom stereocenters. The third-order valence-electron chi connectivity index (χ3n) is 6.06. The lowest BCUT2D eigenvalue weighted by atomic mass is 9.95. The fourth-order valence-electron chi connectivity index (χ4n) is 4.31. The standard InChI is InChI=1S/C23H27ClN4O2/c1-26(22(29)19-15-27(2)23(30)21-18(19)7-10-25-21)13-16-8-11-28(12-9-16)14-17-5-3-4-6-20(17)24/h3-7,10,15-16,25H,8-9,11-14H2,1-2H3. The Morgan fingerprint density at radius 3 is 2.70 bits per heavy atom. The summed E-state index contributed by atoms with van der Waals surface area (Å²) in [4.78, 5) is 32.5. The number of nitrogens with one attached hydrogen (secondary N) is 1. The van der Waals surface area contributed by atoms with Gasteiger partial charge in [0, 0.05) is 50.0 Å². The van der Waals surface area contributed by atoms with E-state index in [0.717, 1.165) is 43.1 Å². The maximum Gasteiger partial charge on any atom is 0.274 e. The Morgan fingerprint density at radius 1 is 1.23 bits per heavy atom. The Labute approximate surface area is 181 Å². The number of rotatable bonds is 5. The van der Waals surface area contributed by atoms with Gasteiger partial charge in [-0.2, -0.15) is 0 Å². The number of hydrogen-bond acceptors (Lipinski definition) is 3. The van der Waals surface area contributed by atoms with Crippen molar-refractivity contribution in [2.75, 3.05) is 26.7 Å². The molecule has 0 spiro atoms. The maximum absolute atomic E-state index is 13.1. The third-order valence-corrected chi connectivity index (χ3v) is 6.43. The number of pyridine rings is 1. The van der Waals surface area contributed by atoms with Crippen molar-refractivity contribution in [3.8, 4) is 0 Å². The van der Waals surface area contributed by atoms with Crippen LogP contribution in [0.25, 0.3) is 10.9 Å². The van der Waals surface area contributed by atoms with E-state index in [4.69, 9.17) is 11.6 Å². The van der Waals surface area contributed by atoms with E-state index in [1.165, 1.54) is 4.57 Å². The SMILES string of the molecule is CN(CC1CCN(Cc2ccccc2Cl)CC1)C(=O)c1cn(C)c(=O)c2[nH]ccc12. The van der Waals surface area contributed by atoms with Gasteiger partial charge in [0.1, 0.15) is 5.52 Å². The van der Waals surface area contributed by atoms with E-state index < -0.39 is 0 Å². The lowest BCUT2D eigenvalue weighted by Gasteiger charge is -2.34. The fourth-order valence-corrected chi connectivity index (χ4v) is 4.51. The summed E-state index contributed by atoms with van der Waals surface area (Å²) in [6.07, 6.45) is 5.45. The van der Waals surface area contributed by atoms with Crippen molar-refractivity contribution < 1.29 is 4.79 Å². The van der Waals surface area contributed by atoms with E-state index in [1.54, 1.807) is 30.4 Å². The largest absolute Gasteiger partial charge is 0.357 e. The molecule has 0 aliphatic carbocycles. The average molecular weight is 427 g/mol. The Kier molecular flexibility index (Phi) is 5.97. The Morgan fingerprint density at radius 2 is 1.97 bits per heavy atom. The third kappa shape index (κ3) is 4.16. The number of fused-ring (bicyclic) bond motifs is 1. The predicted octanol–water partition coefficient (Wildman–Crippen LogP) is 3.50. The number of halogens is 1. The van der Waals surface area contributed by atoms with Gasteiger partial charge in [-0.25, -0.2) is 0 Å². The Bertz CT molecular complexity index is 1110. The number of piperidine rings is 1. The normalized spacial score (nSPS) is 15.6. The van der Waals surface area contributed by atoms with Crippen LogP contribution in [-0.2, 0) is 13.6 Å². The van der Waals surface area contributed by atoms with Gasteiger partial charge in [-0.3, -0.25) is 14.5 Å². The number of carbonyl (C=O) groups excluding carboxylic acids is 1. The monoisotopic (exact) mass is 426 g/mol. The molecule has 0 saturated carbocycles. The quantitative estimate of drug-likeness (QED) is 0.679. The molecule has 1 saturated heterocycles. The van der Waals surface area contributed by atoms with E-state index in [1.807, 2.05) is 25.2 Å². The highest BCUT2D eigenvalue weighted by Crippen LogP contribution is 2.24. The molecule has 0 bridgehead atoms. The zero-order valence-corrected chi connectivity index (χ0v) is 18.2. The number of carbonyl (C=O) groups is 1. The van der Waals surface area contributed by atoms with Gasteiger partial charge in [-0.15, -0.1) is 0 Å². The van der Waals surface area contributed by atoms with Crippen molar-refractivity contribution in [2.45, 2.75) is 19.4 Å². The second kappa shape index (κ2) is 8.66.